The summed E-state index contributed by atoms with van der Waals surface area (Å²) in [5.41, 5.74) is 5.61. The second-order valence-electron chi connectivity index (χ2n) is 4.61. The molecule has 1 atom stereocenters. The largest absolute Gasteiger partial charge is 0.396 e. The predicted octanol–water partition coefficient (Wildman–Crippen LogP) is 1.51. The molecule has 0 aliphatic carbocycles. The molecule has 0 heterocycles. The molecule has 0 aromatic carbocycles. The Kier molecular flexibility index (Phi) is 10.2. The third kappa shape index (κ3) is 8.16. The molecular formula is C13H28N2O2. The number of carbonyl (C=O) groups is 1. The fourth-order valence-electron chi connectivity index (χ4n) is 1.79. The molecule has 0 bridgehead atoms. The molecule has 0 aromatic rings. The normalized spacial score (nSPS) is 12.5. The van der Waals surface area contributed by atoms with Crippen LogP contribution in [0.4, 0.5) is 0 Å². The lowest BCUT2D eigenvalue weighted by atomic mass is 10.1. The Balaban J connectivity index is 3.89. The SMILES string of the molecule is CCCCCCCN(CCCO)C(=O)C(C)N. The Morgan fingerprint density at radius 2 is 1.76 bits per heavy atom. The summed E-state index contributed by atoms with van der Waals surface area (Å²) in [5, 5.41) is 8.81. The van der Waals surface area contributed by atoms with Crippen LogP contribution in [0.15, 0.2) is 0 Å². The van der Waals surface area contributed by atoms with Crippen LogP contribution in [0.1, 0.15) is 52.4 Å². The van der Waals surface area contributed by atoms with Crippen molar-refractivity contribution in [3.8, 4) is 0 Å². The van der Waals surface area contributed by atoms with Gasteiger partial charge in [0.1, 0.15) is 0 Å². The number of carbonyl (C=O) groups excluding carboxylic acids is 1. The number of nitrogens with zero attached hydrogens (tertiary/aromatic N) is 1. The van der Waals surface area contributed by atoms with Gasteiger partial charge in [0.2, 0.25) is 5.91 Å². The van der Waals surface area contributed by atoms with E-state index in [1.165, 1.54) is 19.3 Å². The van der Waals surface area contributed by atoms with Crippen molar-refractivity contribution < 1.29 is 9.90 Å². The van der Waals surface area contributed by atoms with E-state index in [2.05, 4.69) is 6.92 Å². The monoisotopic (exact) mass is 244 g/mol. The van der Waals surface area contributed by atoms with E-state index in [1.54, 1.807) is 11.8 Å². The standard InChI is InChI=1S/C13H28N2O2/c1-3-4-5-6-7-9-15(10-8-11-16)13(17)12(2)14/h12,16H,3-11,14H2,1-2H3. The van der Waals surface area contributed by atoms with Gasteiger partial charge in [0, 0.05) is 19.7 Å². The number of aliphatic hydroxyl groups is 1. The Bertz CT molecular complexity index is 196. The maximum Gasteiger partial charge on any atom is 0.239 e. The summed E-state index contributed by atoms with van der Waals surface area (Å²) in [5.74, 6) is -0.00561. The van der Waals surface area contributed by atoms with Crippen molar-refractivity contribution in [2.45, 2.75) is 58.4 Å². The van der Waals surface area contributed by atoms with Gasteiger partial charge in [-0.1, -0.05) is 32.6 Å². The van der Waals surface area contributed by atoms with Crippen molar-refractivity contribution in [2.24, 2.45) is 5.73 Å². The maximum absolute atomic E-state index is 11.8. The summed E-state index contributed by atoms with van der Waals surface area (Å²) in [4.78, 5) is 13.6. The second kappa shape index (κ2) is 10.5. The zero-order valence-electron chi connectivity index (χ0n) is 11.3. The Labute approximate surface area is 105 Å². The Morgan fingerprint density at radius 3 is 2.29 bits per heavy atom. The van der Waals surface area contributed by atoms with Crippen molar-refractivity contribution in [1.29, 1.82) is 0 Å². The Hall–Kier alpha value is -0.610. The molecule has 0 saturated carbocycles. The molecule has 1 amide bonds. The van der Waals surface area contributed by atoms with E-state index in [4.69, 9.17) is 10.8 Å². The van der Waals surface area contributed by atoms with Crippen molar-refractivity contribution in [2.75, 3.05) is 19.7 Å². The first kappa shape index (κ1) is 16.4. The molecule has 0 aliphatic rings. The fourth-order valence-corrected chi connectivity index (χ4v) is 1.79. The van der Waals surface area contributed by atoms with Gasteiger partial charge in [-0.2, -0.15) is 0 Å². The van der Waals surface area contributed by atoms with Crippen LogP contribution in [-0.4, -0.2) is 41.7 Å². The minimum Gasteiger partial charge on any atom is -0.396 e. The number of unbranched alkanes of at least 4 members (excludes halogenated alkanes) is 4. The zero-order valence-corrected chi connectivity index (χ0v) is 11.3. The van der Waals surface area contributed by atoms with E-state index < -0.39 is 6.04 Å². The van der Waals surface area contributed by atoms with Gasteiger partial charge in [0.25, 0.3) is 0 Å². The van der Waals surface area contributed by atoms with Crippen LogP contribution in [-0.2, 0) is 4.79 Å². The highest BCUT2D eigenvalue weighted by Crippen LogP contribution is 2.05. The third-order valence-corrected chi connectivity index (χ3v) is 2.82. The molecule has 0 aliphatic heterocycles. The quantitative estimate of drug-likeness (QED) is 0.573. The molecule has 4 nitrogen and oxygen atoms in total. The molecule has 0 radical (unpaired) electrons. The number of aliphatic hydroxyl groups excluding tert-OH is 1. The van der Waals surface area contributed by atoms with Gasteiger partial charge in [0.05, 0.1) is 6.04 Å². The Morgan fingerprint density at radius 1 is 1.18 bits per heavy atom. The van der Waals surface area contributed by atoms with Crippen molar-refractivity contribution in [3.05, 3.63) is 0 Å². The molecule has 0 fully saturated rings. The summed E-state index contributed by atoms with van der Waals surface area (Å²) in [7, 11) is 0. The summed E-state index contributed by atoms with van der Waals surface area (Å²) < 4.78 is 0. The average Bonchev–Trinajstić information content (AvgIpc) is 2.31. The summed E-state index contributed by atoms with van der Waals surface area (Å²) in [6, 6.07) is -0.440. The summed E-state index contributed by atoms with van der Waals surface area (Å²) in [6.07, 6.45) is 6.55. The van der Waals surface area contributed by atoms with Crippen LogP contribution in [0.25, 0.3) is 0 Å². The van der Waals surface area contributed by atoms with E-state index in [0.29, 0.717) is 13.0 Å². The van der Waals surface area contributed by atoms with E-state index in [1.807, 2.05) is 0 Å². The average molecular weight is 244 g/mol. The highest BCUT2D eigenvalue weighted by molar-refractivity contribution is 5.81. The van der Waals surface area contributed by atoms with Crippen molar-refractivity contribution in [3.63, 3.8) is 0 Å². The van der Waals surface area contributed by atoms with Crippen LogP contribution < -0.4 is 5.73 Å². The number of hydrogen-bond donors (Lipinski definition) is 2. The van der Waals surface area contributed by atoms with Gasteiger partial charge in [-0.25, -0.2) is 0 Å². The molecule has 0 aromatic heterocycles. The van der Waals surface area contributed by atoms with E-state index in [-0.39, 0.29) is 12.5 Å². The van der Waals surface area contributed by atoms with Crippen molar-refractivity contribution >= 4 is 5.91 Å². The third-order valence-electron chi connectivity index (χ3n) is 2.82. The fraction of sp³-hybridized carbons (Fsp3) is 0.923. The number of amides is 1. The van der Waals surface area contributed by atoms with E-state index in [0.717, 1.165) is 19.4 Å². The number of nitrogens with two attached hydrogens (primary N) is 1. The van der Waals surface area contributed by atoms with Gasteiger partial charge >= 0.3 is 0 Å². The smallest absolute Gasteiger partial charge is 0.239 e. The number of hydrogen-bond acceptors (Lipinski definition) is 3. The first-order valence-electron chi connectivity index (χ1n) is 6.78. The molecule has 0 rings (SSSR count). The van der Waals surface area contributed by atoms with Gasteiger partial charge < -0.3 is 15.7 Å². The first-order valence-corrected chi connectivity index (χ1v) is 6.78. The highest BCUT2D eigenvalue weighted by Gasteiger charge is 2.16. The summed E-state index contributed by atoms with van der Waals surface area (Å²) >= 11 is 0. The minimum atomic E-state index is -0.440. The van der Waals surface area contributed by atoms with Crippen LogP contribution in [0.5, 0.6) is 0 Å². The summed E-state index contributed by atoms with van der Waals surface area (Å²) in [6.45, 7) is 5.41. The molecular weight excluding hydrogens is 216 g/mol. The number of rotatable bonds is 10. The van der Waals surface area contributed by atoms with Gasteiger partial charge in [-0.05, 0) is 19.8 Å². The molecule has 0 saturated heterocycles. The van der Waals surface area contributed by atoms with Crippen LogP contribution >= 0.6 is 0 Å². The predicted molar refractivity (Wildman–Crippen MR) is 70.7 cm³/mol. The van der Waals surface area contributed by atoms with Crippen LogP contribution in [0.2, 0.25) is 0 Å². The van der Waals surface area contributed by atoms with Gasteiger partial charge in [-0.15, -0.1) is 0 Å². The minimum absolute atomic E-state index is 0.00561. The van der Waals surface area contributed by atoms with Crippen LogP contribution in [0.3, 0.4) is 0 Å². The maximum atomic E-state index is 11.8. The van der Waals surface area contributed by atoms with Crippen molar-refractivity contribution in [1.82, 2.24) is 4.90 Å². The lowest BCUT2D eigenvalue weighted by Crippen LogP contribution is -2.43. The van der Waals surface area contributed by atoms with E-state index in [9.17, 15) is 4.79 Å². The van der Waals surface area contributed by atoms with Gasteiger partial charge in [-0.3, -0.25) is 4.79 Å². The molecule has 102 valence electrons. The van der Waals surface area contributed by atoms with E-state index >= 15 is 0 Å². The van der Waals surface area contributed by atoms with Crippen LogP contribution in [0, 0.1) is 0 Å². The molecule has 0 spiro atoms. The molecule has 1 unspecified atom stereocenters. The second-order valence-corrected chi connectivity index (χ2v) is 4.61. The van der Waals surface area contributed by atoms with Gasteiger partial charge in [0.15, 0.2) is 0 Å². The molecule has 17 heavy (non-hydrogen) atoms. The highest BCUT2D eigenvalue weighted by atomic mass is 16.3. The lowest BCUT2D eigenvalue weighted by Gasteiger charge is -2.24. The molecule has 4 heteroatoms. The topological polar surface area (TPSA) is 66.6 Å². The molecule has 3 N–H and O–H groups in total. The first-order chi connectivity index (χ1) is 8.13. The lowest BCUT2D eigenvalue weighted by molar-refractivity contribution is -0.132. The zero-order chi connectivity index (χ0) is 13.1.